The second kappa shape index (κ2) is 9.08. The second-order valence-electron chi connectivity index (χ2n) is 6.25. The van der Waals surface area contributed by atoms with Crippen LogP contribution in [0.2, 0.25) is 0 Å². The van der Waals surface area contributed by atoms with Crippen molar-refractivity contribution in [3.8, 4) is 16.9 Å². The van der Waals surface area contributed by atoms with Gasteiger partial charge in [0.15, 0.2) is 0 Å². The van der Waals surface area contributed by atoms with E-state index in [1.807, 2.05) is 36.4 Å². The number of carbonyl (C=O) groups excluding carboxylic acids is 1. The van der Waals surface area contributed by atoms with Gasteiger partial charge in [0.2, 0.25) is 5.91 Å². The van der Waals surface area contributed by atoms with Crippen molar-refractivity contribution in [3.05, 3.63) is 54.1 Å². The molecule has 0 spiro atoms. The van der Waals surface area contributed by atoms with Crippen LogP contribution in [0.25, 0.3) is 11.1 Å². The molecule has 2 aromatic rings. The quantitative estimate of drug-likeness (QED) is 0.694. The SMILES string of the molecule is CC(C)CCNCCOc1ccc(-c2cccc(C(N)=O)c2)cc1. The number of hydrogen-bond acceptors (Lipinski definition) is 3. The Bertz CT molecular complexity index is 651. The summed E-state index contributed by atoms with van der Waals surface area (Å²) in [5, 5.41) is 3.37. The third kappa shape index (κ3) is 5.70. The van der Waals surface area contributed by atoms with E-state index in [-0.39, 0.29) is 0 Å². The van der Waals surface area contributed by atoms with E-state index in [1.54, 1.807) is 12.1 Å². The third-order valence-electron chi connectivity index (χ3n) is 3.78. The molecule has 0 fully saturated rings. The van der Waals surface area contributed by atoms with E-state index in [4.69, 9.17) is 10.5 Å². The lowest BCUT2D eigenvalue weighted by Gasteiger charge is -2.09. The summed E-state index contributed by atoms with van der Waals surface area (Å²) in [6.45, 7) is 6.96. The lowest BCUT2D eigenvalue weighted by atomic mass is 10.0. The minimum Gasteiger partial charge on any atom is -0.492 e. The van der Waals surface area contributed by atoms with Crippen molar-refractivity contribution in [1.82, 2.24) is 5.32 Å². The zero-order valence-electron chi connectivity index (χ0n) is 14.4. The van der Waals surface area contributed by atoms with Gasteiger partial charge in [-0.05, 0) is 54.3 Å². The number of amides is 1. The van der Waals surface area contributed by atoms with Crippen LogP contribution in [0.1, 0.15) is 30.6 Å². The molecule has 0 heterocycles. The Balaban J connectivity index is 1.85. The van der Waals surface area contributed by atoms with Crippen LogP contribution in [-0.4, -0.2) is 25.6 Å². The van der Waals surface area contributed by atoms with Gasteiger partial charge in [0.05, 0.1) is 0 Å². The third-order valence-corrected chi connectivity index (χ3v) is 3.78. The average Bonchev–Trinajstić information content (AvgIpc) is 2.58. The number of hydrogen-bond donors (Lipinski definition) is 2. The van der Waals surface area contributed by atoms with Crippen molar-refractivity contribution in [1.29, 1.82) is 0 Å². The summed E-state index contributed by atoms with van der Waals surface area (Å²) in [7, 11) is 0. The van der Waals surface area contributed by atoms with E-state index < -0.39 is 5.91 Å². The maximum Gasteiger partial charge on any atom is 0.248 e. The minimum atomic E-state index is -0.415. The number of rotatable bonds is 9. The van der Waals surface area contributed by atoms with Gasteiger partial charge in [-0.1, -0.05) is 38.1 Å². The van der Waals surface area contributed by atoms with E-state index in [0.717, 1.165) is 35.9 Å². The number of carbonyl (C=O) groups is 1. The second-order valence-corrected chi connectivity index (χ2v) is 6.25. The van der Waals surface area contributed by atoms with Crippen LogP contribution in [0.5, 0.6) is 5.75 Å². The van der Waals surface area contributed by atoms with Gasteiger partial charge in [-0.2, -0.15) is 0 Å². The lowest BCUT2D eigenvalue weighted by Crippen LogP contribution is -2.22. The summed E-state index contributed by atoms with van der Waals surface area (Å²) in [5.74, 6) is 1.15. The first-order valence-corrected chi connectivity index (χ1v) is 8.40. The normalized spacial score (nSPS) is 10.8. The van der Waals surface area contributed by atoms with E-state index >= 15 is 0 Å². The summed E-state index contributed by atoms with van der Waals surface area (Å²) in [6.07, 6.45) is 1.18. The van der Waals surface area contributed by atoms with Crippen molar-refractivity contribution in [2.24, 2.45) is 11.7 Å². The fourth-order valence-corrected chi connectivity index (χ4v) is 2.35. The van der Waals surface area contributed by atoms with E-state index in [0.29, 0.717) is 12.2 Å². The molecular weight excluding hydrogens is 300 g/mol. The first-order chi connectivity index (χ1) is 11.6. The highest BCUT2D eigenvalue weighted by Crippen LogP contribution is 2.23. The van der Waals surface area contributed by atoms with Crippen molar-refractivity contribution in [3.63, 3.8) is 0 Å². The van der Waals surface area contributed by atoms with Gasteiger partial charge in [0.25, 0.3) is 0 Å². The Morgan fingerprint density at radius 2 is 1.83 bits per heavy atom. The molecule has 0 bridgehead atoms. The Morgan fingerprint density at radius 3 is 2.50 bits per heavy atom. The molecule has 4 nitrogen and oxygen atoms in total. The summed E-state index contributed by atoms with van der Waals surface area (Å²) in [6, 6.07) is 15.2. The van der Waals surface area contributed by atoms with Crippen LogP contribution in [0.4, 0.5) is 0 Å². The Hall–Kier alpha value is -2.33. The summed E-state index contributed by atoms with van der Waals surface area (Å²) in [4.78, 5) is 11.3. The van der Waals surface area contributed by atoms with E-state index in [9.17, 15) is 4.79 Å². The van der Waals surface area contributed by atoms with Gasteiger partial charge >= 0.3 is 0 Å². The molecular formula is C20H26N2O2. The average molecular weight is 326 g/mol. The van der Waals surface area contributed by atoms with E-state index in [1.165, 1.54) is 6.42 Å². The molecule has 3 N–H and O–H groups in total. The Morgan fingerprint density at radius 1 is 1.08 bits per heavy atom. The molecule has 0 aromatic heterocycles. The molecule has 2 rings (SSSR count). The molecule has 24 heavy (non-hydrogen) atoms. The maximum absolute atomic E-state index is 11.3. The zero-order chi connectivity index (χ0) is 17.4. The van der Waals surface area contributed by atoms with Gasteiger partial charge in [-0.3, -0.25) is 4.79 Å². The predicted molar refractivity (Wildman–Crippen MR) is 98.2 cm³/mol. The van der Waals surface area contributed by atoms with Crippen LogP contribution in [0, 0.1) is 5.92 Å². The topological polar surface area (TPSA) is 64.3 Å². The van der Waals surface area contributed by atoms with Crippen molar-refractivity contribution < 1.29 is 9.53 Å². The largest absolute Gasteiger partial charge is 0.492 e. The molecule has 0 atom stereocenters. The van der Waals surface area contributed by atoms with E-state index in [2.05, 4.69) is 19.2 Å². The van der Waals surface area contributed by atoms with Crippen LogP contribution in [0.15, 0.2) is 48.5 Å². The van der Waals surface area contributed by atoms with Crippen LogP contribution in [-0.2, 0) is 0 Å². The lowest BCUT2D eigenvalue weighted by molar-refractivity contribution is 0.100. The van der Waals surface area contributed by atoms with Crippen molar-refractivity contribution >= 4 is 5.91 Å². The smallest absolute Gasteiger partial charge is 0.248 e. The van der Waals surface area contributed by atoms with Gasteiger partial charge < -0.3 is 15.8 Å². The molecule has 0 aliphatic heterocycles. The number of ether oxygens (including phenoxy) is 1. The first kappa shape index (κ1) is 18.0. The summed E-state index contributed by atoms with van der Waals surface area (Å²) in [5.41, 5.74) is 7.83. The number of nitrogens with two attached hydrogens (primary N) is 1. The molecule has 0 aliphatic carbocycles. The standard InChI is InChI=1S/C20H26N2O2/c1-15(2)10-11-22-12-13-24-19-8-6-16(7-9-19)17-4-3-5-18(14-17)20(21)23/h3-9,14-15,22H,10-13H2,1-2H3,(H2,21,23). The highest BCUT2D eigenvalue weighted by atomic mass is 16.5. The van der Waals surface area contributed by atoms with Crippen molar-refractivity contribution in [2.75, 3.05) is 19.7 Å². The molecule has 4 heteroatoms. The minimum absolute atomic E-state index is 0.415. The molecule has 2 aromatic carbocycles. The Labute approximate surface area is 144 Å². The number of benzene rings is 2. The van der Waals surface area contributed by atoms with Gasteiger partial charge in [-0.15, -0.1) is 0 Å². The molecule has 0 saturated carbocycles. The molecule has 1 amide bonds. The van der Waals surface area contributed by atoms with Gasteiger partial charge in [-0.25, -0.2) is 0 Å². The first-order valence-electron chi connectivity index (χ1n) is 8.40. The maximum atomic E-state index is 11.3. The Kier molecular flexibility index (Phi) is 6.82. The van der Waals surface area contributed by atoms with Gasteiger partial charge in [0.1, 0.15) is 12.4 Å². The summed E-state index contributed by atoms with van der Waals surface area (Å²) < 4.78 is 5.73. The van der Waals surface area contributed by atoms with Crippen LogP contribution < -0.4 is 15.8 Å². The van der Waals surface area contributed by atoms with Gasteiger partial charge in [0, 0.05) is 12.1 Å². The fourth-order valence-electron chi connectivity index (χ4n) is 2.35. The number of nitrogens with one attached hydrogen (secondary N) is 1. The molecule has 0 aliphatic rings. The highest BCUT2D eigenvalue weighted by molar-refractivity contribution is 5.94. The van der Waals surface area contributed by atoms with Crippen molar-refractivity contribution in [2.45, 2.75) is 20.3 Å². The highest BCUT2D eigenvalue weighted by Gasteiger charge is 2.03. The number of primary amides is 1. The summed E-state index contributed by atoms with van der Waals surface area (Å²) >= 11 is 0. The molecule has 0 saturated heterocycles. The fraction of sp³-hybridized carbons (Fsp3) is 0.350. The molecule has 0 radical (unpaired) electrons. The van der Waals surface area contributed by atoms with Crippen LogP contribution >= 0.6 is 0 Å². The zero-order valence-corrected chi connectivity index (χ0v) is 14.4. The molecule has 0 unspecified atom stereocenters. The predicted octanol–water partition coefficient (Wildman–Crippen LogP) is 3.47. The monoisotopic (exact) mass is 326 g/mol. The van der Waals surface area contributed by atoms with Crippen LogP contribution in [0.3, 0.4) is 0 Å². The molecule has 128 valence electrons.